The van der Waals surface area contributed by atoms with Crippen LogP contribution in [0.4, 0.5) is 0 Å². The monoisotopic (exact) mass is 348 g/mol. The standard InChI is InChI=1S/C19H32N4O2/c1-6-15(7-2)23-14(3)16(13-20-23)17(24)21-19(18(25)22(4)5)11-9-8-10-12-19/h13,15H,6-12H2,1-5H3,(H,21,24). The second-order valence-corrected chi connectivity index (χ2v) is 7.36. The van der Waals surface area contributed by atoms with E-state index in [1.54, 1.807) is 25.2 Å². The summed E-state index contributed by atoms with van der Waals surface area (Å²) in [5.41, 5.74) is 0.667. The number of carbonyl (C=O) groups excluding carboxylic acids is 2. The lowest BCUT2D eigenvalue weighted by atomic mass is 9.80. The van der Waals surface area contributed by atoms with Gasteiger partial charge < -0.3 is 10.2 Å². The van der Waals surface area contributed by atoms with Crippen molar-refractivity contribution in [1.82, 2.24) is 20.0 Å². The van der Waals surface area contributed by atoms with E-state index in [-0.39, 0.29) is 11.8 Å². The molecular formula is C19H32N4O2. The maximum absolute atomic E-state index is 12.9. The zero-order valence-corrected chi connectivity index (χ0v) is 16.3. The Hall–Kier alpha value is -1.85. The lowest BCUT2D eigenvalue weighted by Crippen LogP contribution is -2.59. The molecule has 1 fully saturated rings. The average Bonchev–Trinajstić information content (AvgIpc) is 2.98. The molecule has 140 valence electrons. The summed E-state index contributed by atoms with van der Waals surface area (Å²) in [5, 5.41) is 7.51. The van der Waals surface area contributed by atoms with E-state index in [4.69, 9.17) is 0 Å². The van der Waals surface area contributed by atoms with Gasteiger partial charge in [-0.1, -0.05) is 33.1 Å². The van der Waals surface area contributed by atoms with Crippen LogP contribution < -0.4 is 5.32 Å². The van der Waals surface area contributed by atoms with Crippen molar-refractivity contribution in [3.05, 3.63) is 17.5 Å². The third-order valence-electron chi connectivity index (χ3n) is 5.45. The van der Waals surface area contributed by atoms with Crippen molar-refractivity contribution in [2.24, 2.45) is 0 Å². The van der Waals surface area contributed by atoms with E-state index in [9.17, 15) is 9.59 Å². The van der Waals surface area contributed by atoms with E-state index in [2.05, 4.69) is 24.3 Å². The Morgan fingerprint density at radius 1 is 1.24 bits per heavy atom. The molecule has 25 heavy (non-hydrogen) atoms. The highest BCUT2D eigenvalue weighted by atomic mass is 16.2. The quantitative estimate of drug-likeness (QED) is 0.859. The molecule has 0 unspecified atom stereocenters. The Balaban J connectivity index is 2.26. The van der Waals surface area contributed by atoms with Crippen molar-refractivity contribution in [3.63, 3.8) is 0 Å². The number of hydrogen-bond acceptors (Lipinski definition) is 3. The molecule has 0 aliphatic heterocycles. The molecule has 1 aromatic heterocycles. The Labute approximate surface area is 151 Å². The maximum Gasteiger partial charge on any atom is 0.255 e. The molecule has 0 spiro atoms. The maximum atomic E-state index is 12.9. The Kier molecular flexibility index (Phi) is 6.25. The van der Waals surface area contributed by atoms with Crippen LogP contribution in [0.15, 0.2) is 6.20 Å². The second kappa shape index (κ2) is 8.02. The molecule has 0 saturated heterocycles. The molecule has 2 amide bonds. The average molecular weight is 348 g/mol. The molecule has 1 heterocycles. The minimum absolute atomic E-state index is 0.00871. The summed E-state index contributed by atoms with van der Waals surface area (Å²) in [4.78, 5) is 27.3. The number of carbonyl (C=O) groups is 2. The van der Waals surface area contributed by atoms with Gasteiger partial charge in [0.05, 0.1) is 17.8 Å². The number of rotatable bonds is 6. The lowest BCUT2D eigenvalue weighted by Gasteiger charge is -2.38. The molecule has 1 aromatic rings. The van der Waals surface area contributed by atoms with Gasteiger partial charge in [0.15, 0.2) is 0 Å². The Bertz CT molecular complexity index is 611. The van der Waals surface area contributed by atoms with Crippen molar-refractivity contribution >= 4 is 11.8 Å². The van der Waals surface area contributed by atoms with Gasteiger partial charge in [-0.25, -0.2) is 0 Å². The Morgan fingerprint density at radius 3 is 2.36 bits per heavy atom. The predicted octanol–water partition coefficient (Wildman–Crippen LogP) is 3.07. The Morgan fingerprint density at radius 2 is 1.84 bits per heavy atom. The molecule has 0 atom stereocenters. The van der Waals surface area contributed by atoms with Crippen LogP contribution in [0.5, 0.6) is 0 Å². The van der Waals surface area contributed by atoms with E-state index >= 15 is 0 Å². The van der Waals surface area contributed by atoms with Crippen LogP contribution in [0.1, 0.15) is 80.9 Å². The summed E-state index contributed by atoms with van der Waals surface area (Å²) in [6, 6.07) is 0.300. The fraction of sp³-hybridized carbons (Fsp3) is 0.737. The molecule has 2 rings (SSSR count). The van der Waals surface area contributed by atoms with Crippen molar-refractivity contribution in [2.45, 2.75) is 77.3 Å². The fourth-order valence-electron chi connectivity index (χ4n) is 3.91. The van der Waals surface area contributed by atoms with Crippen molar-refractivity contribution in [3.8, 4) is 0 Å². The zero-order valence-electron chi connectivity index (χ0n) is 16.3. The van der Waals surface area contributed by atoms with Crippen molar-refractivity contribution < 1.29 is 9.59 Å². The van der Waals surface area contributed by atoms with Crippen LogP contribution in [0.25, 0.3) is 0 Å². The van der Waals surface area contributed by atoms with E-state index in [1.165, 1.54) is 0 Å². The summed E-state index contributed by atoms with van der Waals surface area (Å²) < 4.78 is 1.94. The number of aromatic nitrogens is 2. The van der Waals surface area contributed by atoms with E-state index in [0.29, 0.717) is 24.4 Å². The zero-order chi connectivity index (χ0) is 18.6. The normalized spacial score (nSPS) is 16.7. The van der Waals surface area contributed by atoms with E-state index in [0.717, 1.165) is 37.8 Å². The predicted molar refractivity (Wildman–Crippen MR) is 98.6 cm³/mol. The van der Waals surface area contributed by atoms with Crippen LogP contribution in [0.2, 0.25) is 0 Å². The summed E-state index contributed by atoms with van der Waals surface area (Å²) in [7, 11) is 3.50. The van der Waals surface area contributed by atoms with E-state index in [1.807, 2.05) is 11.6 Å². The molecule has 6 nitrogen and oxygen atoms in total. The first-order valence-corrected chi connectivity index (χ1v) is 9.44. The first kappa shape index (κ1) is 19.5. The number of amides is 2. The van der Waals surface area contributed by atoms with Gasteiger partial charge >= 0.3 is 0 Å². The minimum Gasteiger partial charge on any atom is -0.347 e. The molecule has 0 aromatic carbocycles. The molecule has 6 heteroatoms. The first-order chi connectivity index (χ1) is 11.9. The van der Waals surface area contributed by atoms with E-state index < -0.39 is 5.54 Å². The highest BCUT2D eigenvalue weighted by molar-refractivity contribution is 5.99. The van der Waals surface area contributed by atoms with Gasteiger partial charge in [0, 0.05) is 19.8 Å². The summed E-state index contributed by atoms with van der Waals surface area (Å²) >= 11 is 0. The SMILES string of the molecule is CCC(CC)n1ncc(C(=O)NC2(C(=O)N(C)C)CCCCC2)c1C. The number of nitrogens with zero attached hydrogens (tertiary/aromatic N) is 3. The largest absolute Gasteiger partial charge is 0.347 e. The number of likely N-dealkylation sites (N-methyl/N-ethyl adjacent to an activating group) is 1. The van der Waals surface area contributed by atoms with Gasteiger partial charge in [-0.15, -0.1) is 0 Å². The van der Waals surface area contributed by atoms with Gasteiger partial charge in [0.1, 0.15) is 5.54 Å². The molecule has 0 bridgehead atoms. The van der Waals surface area contributed by atoms with Crippen LogP contribution in [0, 0.1) is 6.92 Å². The van der Waals surface area contributed by atoms with Crippen LogP contribution >= 0.6 is 0 Å². The van der Waals surface area contributed by atoms with Gasteiger partial charge in [0.25, 0.3) is 5.91 Å². The first-order valence-electron chi connectivity index (χ1n) is 9.44. The smallest absolute Gasteiger partial charge is 0.255 e. The molecule has 1 N–H and O–H groups in total. The molecule has 1 aliphatic carbocycles. The summed E-state index contributed by atoms with van der Waals surface area (Å²) in [5.74, 6) is -0.197. The summed E-state index contributed by atoms with van der Waals surface area (Å²) in [6.07, 6.45) is 8.04. The third kappa shape index (κ3) is 3.88. The molecular weight excluding hydrogens is 316 g/mol. The molecule has 0 radical (unpaired) electrons. The van der Waals surface area contributed by atoms with Crippen molar-refractivity contribution in [1.29, 1.82) is 0 Å². The third-order valence-corrected chi connectivity index (χ3v) is 5.45. The fourth-order valence-corrected chi connectivity index (χ4v) is 3.91. The number of nitrogens with one attached hydrogen (secondary N) is 1. The van der Waals surface area contributed by atoms with Gasteiger partial charge in [-0.3, -0.25) is 14.3 Å². The highest BCUT2D eigenvalue weighted by Crippen LogP contribution is 2.30. The second-order valence-electron chi connectivity index (χ2n) is 7.36. The van der Waals surface area contributed by atoms with Gasteiger partial charge in [-0.2, -0.15) is 5.10 Å². The lowest BCUT2D eigenvalue weighted by molar-refractivity contribution is -0.136. The summed E-state index contributed by atoms with van der Waals surface area (Å²) in [6.45, 7) is 6.19. The number of hydrogen-bond donors (Lipinski definition) is 1. The molecule has 1 saturated carbocycles. The van der Waals surface area contributed by atoms with Crippen LogP contribution in [-0.4, -0.2) is 46.1 Å². The minimum atomic E-state index is -0.776. The van der Waals surface area contributed by atoms with Crippen molar-refractivity contribution in [2.75, 3.05) is 14.1 Å². The van der Waals surface area contributed by atoms with Crippen LogP contribution in [0.3, 0.4) is 0 Å². The topological polar surface area (TPSA) is 67.2 Å². The van der Waals surface area contributed by atoms with Crippen LogP contribution in [-0.2, 0) is 4.79 Å². The van der Waals surface area contributed by atoms with Gasteiger partial charge in [0.2, 0.25) is 5.91 Å². The highest BCUT2D eigenvalue weighted by Gasteiger charge is 2.42. The molecule has 1 aliphatic rings. The van der Waals surface area contributed by atoms with Gasteiger partial charge in [-0.05, 0) is 32.6 Å².